The van der Waals surface area contributed by atoms with E-state index in [0.29, 0.717) is 12.0 Å². The van der Waals surface area contributed by atoms with E-state index < -0.39 is 0 Å². The van der Waals surface area contributed by atoms with Crippen LogP contribution in [0.5, 0.6) is 0 Å². The number of nitrogens with one attached hydrogen (secondary N) is 1. The van der Waals surface area contributed by atoms with Gasteiger partial charge in [0.2, 0.25) is 0 Å². The first-order valence-corrected chi connectivity index (χ1v) is 12.4. The molecule has 0 radical (unpaired) electrons. The van der Waals surface area contributed by atoms with E-state index in [0.717, 1.165) is 33.8 Å². The van der Waals surface area contributed by atoms with E-state index in [9.17, 15) is 9.59 Å². The van der Waals surface area contributed by atoms with Gasteiger partial charge in [-0.05, 0) is 41.8 Å². The van der Waals surface area contributed by atoms with Crippen LogP contribution < -0.4 is 5.32 Å². The van der Waals surface area contributed by atoms with Crippen molar-refractivity contribution in [3.05, 3.63) is 103 Å². The number of ether oxygens (including phenoxy) is 1. The molecule has 3 heterocycles. The van der Waals surface area contributed by atoms with Crippen molar-refractivity contribution in [1.29, 1.82) is 0 Å². The quantitative estimate of drug-likeness (QED) is 0.480. The van der Waals surface area contributed by atoms with Crippen LogP contribution in [-0.4, -0.2) is 11.8 Å². The summed E-state index contributed by atoms with van der Waals surface area (Å²) in [6.07, 6.45) is 1.24. The highest BCUT2D eigenvalue weighted by Crippen LogP contribution is 2.47. The molecule has 4 nitrogen and oxygen atoms in total. The second-order valence-corrected chi connectivity index (χ2v) is 10.1. The molecule has 0 bridgehead atoms. The number of ketones is 1. The lowest BCUT2D eigenvalue weighted by molar-refractivity contribution is -0.140. The van der Waals surface area contributed by atoms with Gasteiger partial charge in [-0.25, -0.2) is 4.79 Å². The van der Waals surface area contributed by atoms with E-state index in [2.05, 4.69) is 16.8 Å². The number of rotatable bonds is 5. The minimum Gasteiger partial charge on any atom is -0.457 e. The Bertz CT molecular complexity index is 1190. The molecule has 3 aromatic rings. The molecule has 1 aromatic carbocycles. The second-order valence-electron chi connectivity index (χ2n) is 8.11. The SMILES string of the molecule is CC1=C(C(=O)OCc2ccccc2)[C@@H](c2cccs2)C2=C(C[C@H](c3cccs3)CC2=O)N1. The van der Waals surface area contributed by atoms with Gasteiger partial charge in [0.1, 0.15) is 6.61 Å². The molecular weight excluding hydrogens is 438 g/mol. The Morgan fingerprint density at radius 3 is 2.41 bits per heavy atom. The average molecular weight is 462 g/mol. The van der Waals surface area contributed by atoms with Crippen molar-refractivity contribution in [2.75, 3.05) is 0 Å². The molecule has 0 amide bonds. The maximum atomic E-state index is 13.4. The number of hydrogen-bond donors (Lipinski definition) is 1. The number of allylic oxidation sites excluding steroid dienone is 3. The molecule has 2 aromatic heterocycles. The predicted molar refractivity (Wildman–Crippen MR) is 127 cm³/mol. The van der Waals surface area contributed by atoms with Crippen LogP contribution in [0.2, 0.25) is 0 Å². The second kappa shape index (κ2) is 8.88. The molecule has 2 aliphatic rings. The molecule has 5 rings (SSSR count). The molecule has 1 aliphatic carbocycles. The lowest BCUT2D eigenvalue weighted by atomic mass is 9.74. The summed E-state index contributed by atoms with van der Waals surface area (Å²) >= 11 is 3.26. The molecule has 2 atom stereocenters. The standard InChI is InChI=1S/C26H23NO3S2/c1-16-23(26(29)30-15-17-7-3-2-4-8-17)25(22-10-6-12-32-22)24-19(27-16)13-18(14-20(24)28)21-9-5-11-31-21/h2-12,18,25,27H,13-15H2,1H3/t18-,25+/m0/s1. The lowest BCUT2D eigenvalue weighted by Crippen LogP contribution is -2.35. The van der Waals surface area contributed by atoms with E-state index in [4.69, 9.17) is 4.74 Å². The van der Waals surface area contributed by atoms with Crippen LogP contribution in [0.25, 0.3) is 0 Å². The van der Waals surface area contributed by atoms with E-state index in [1.807, 2.05) is 60.8 Å². The lowest BCUT2D eigenvalue weighted by Gasteiger charge is -2.35. The summed E-state index contributed by atoms with van der Waals surface area (Å²) in [6.45, 7) is 2.11. The molecule has 0 saturated carbocycles. The van der Waals surface area contributed by atoms with Gasteiger partial charge in [-0.1, -0.05) is 42.5 Å². The molecule has 0 spiro atoms. The molecule has 32 heavy (non-hydrogen) atoms. The first kappa shape index (κ1) is 20.9. The topological polar surface area (TPSA) is 55.4 Å². The summed E-state index contributed by atoms with van der Waals surface area (Å²) in [6, 6.07) is 17.7. The van der Waals surface area contributed by atoms with Crippen LogP contribution in [-0.2, 0) is 20.9 Å². The van der Waals surface area contributed by atoms with Crippen molar-refractivity contribution in [2.24, 2.45) is 0 Å². The van der Waals surface area contributed by atoms with E-state index in [1.54, 1.807) is 22.7 Å². The normalized spacial score (nSPS) is 20.7. The Hall–Kier alpha value is -2.96. The van der Waals surface area contributed by atoms with Crippen LogP contribution in [0, 0.1) is 0 Å². The van der Waals surface area contributed by atoms with Crippen molar-refractivity contribution in [2.45, 2.75) is 38.2 Å². The van der Waals surface area contributed by atoms with Crippen LogP contribution >= 0.6 is 22.7 Å². The zero-order chi connectivity index (χ0) is 22.1. The summed E-state index contributed by atoms with van der Waals surface area (Å²) in [5, 5.41) is 7.45. The van der Waals surface area contributed by atoms with E-state index in [1.165, 1.54) is 4.88 Å². The largest absolute Gasteiger partial charge is 0.457 e. The maximum Gasteiger partial charge on any atom is 0.337 e. The Morgan fingerprint density at radius 2 is 1.72 bits per heavy atom. The highest BCUT2D eigenvalue weighted by Gasteiger charge is 2.42. The van der Waals surface area contributed by atoms with Gasteiger partial charge in [0.15, 0.2) is 5.78 Å². The number of hydrogen-bond acceptors (Lipinski definition) is 6. The molecular formula is C26H23NO3S2. The van der Waals surface area contributed by atoms with E-state index in [-0.39, 0.29) is 30.2 Å². The van der Waals surface area contributed by atoms with Gasteiger partial charge in [-0.3, -0.25) is 4.79 Å². The Morgan fingerprint density at radius 1 is 1.00 bits per heavy atom. The number of dihydropyridines is 1. The fourth-order valence-corrected chi connectivity index (χ4v) is 6.25. The number of carbonyl (C=O) groups excluding carboxylic acids is 2. The summed E-state index contributed by atoms with van der Waals surface area (Å²) < 4.78 is 5.70. The van der Waals surface area contributed by atoms with Crippen LogP contribution in [0.3, 0.4) is 0 Å². The maximum absolute atomic E-state index is 13.4. The van der Waals surface area contributed by atoms with Gasteiger partial charge in [0, 0.05) is 39.1 Å². The van der Waals surface area contributed by atoms with Gasteiger partial charge >= 0.3 is 5.97 Å². The van der Waals surface area contributed by atoms with E-state index >= 15 is 0 Å². The molecule has 6 heteroatoms. The van der Waals surface area contributed by atoms with Crippen LogP contribution in [0.4, 0.5) is 0 Å². The molecule has 1 aliphatic heterocycles. The third-order valence-electron chi connectivity index (χ3n) is 6.03. The number of Topliss-reactive ketones (excluding diaryl/α,β-unsaturated/α-hetero) is 1. The Balaban J connectivity index is 1.48. The van der Waals surface area contributed by atoms with Gasteiger partial charge in [-0.2, -0.15) is 0 Å². The number of esters is 1. The van der Waals surface area contributed by atoms with Crippen LogP contribution in [0.15, 0.2) is 87.9 Å². The molecule has 0 saturated heterocycles. The summed E-state index contributed by atoms with van der Waals surface area (Å²) in [4.78, 5) is 28.9. The average Bonchev–Trinajstić information content (AvgIpc) is 3.51. The number of thiophene rings is 2. The first-order valence-electron chi connectivity index (χ1n) is 10.6. The molecule has 162 valence electrons. The van der Waals surface area contributed by atoms with Crippen molar-refractivity contribution >= 4 is 34.4 Å². The Kier molecular flexibility index (Phi) is 5.81. The van der Waals surface area contributed by atoms with Gasteiger partial charge in [-0.15, -0.1) is 22.7 Å². The monoisotopic (exact) mass is 461 g/mol. The summed E-state index contributed by atoms with van der Waals surface area (Å²) in [7, 11) is 0. The molecule has 0 fully saturated rings. The number of benzene rings is 1. The van der Waals surface area contributed by atoms with Crippen molar-refractivity contribution < 1.29 is 14.3 Å². The third kappa shape index (κ3) is 3.96. The fourth-order valence-electron chi connectivity index (χ4n) is 4.58. The van der Waals surface area contributed by atoms with Gasteiger partial charge < -0.3 is 10.1 Å². The molecule has 1 N–H and O–H groups in total. The highest BCUT2D eigenvalue weighted by atomic mass is 32.1. The highest BCUT2D eigenvalue weighted by molar-refractivity contribution is 7.10. The first-order chi connectivity index (χ1) is 15.6. The summed E-state index contributed by atoms with van der Waals surface area (Å²) in [5.41, 5.74) is 3.89. The zero-order valence-corrected chi connectivity index (χ0v) is 19.3. The minimum atomic E-state index is -0.383. The Labute approximate surface area is 195 Å². The predicted octanol–water partition coefficient (Wildman–Crippen LogP) is 5.91. The van der Waals surface area contributed by atoms with Crippen molar-refractivity contribution in [3.63, 3.8) is 0 Å². The third-order valence-corrected chi connectivity index (χ3v) is 8.01. The van der Waals surface area contributed by atoms with Gasteiger partial charge in [0.05, 0.1) is 11.5 Å². The molecule has 0 unspecified atom stereocenters. The van der Waals surface area contributed by atoms with Crippen molar-refractivity contribution in [1.82, 2.24) is 5.32 Å². The smallest absolute Gasteiger partial charge is 0.337 e. The van der Waals surface area contributed by atoms with Gasteiger partial charge in [0.25, 0.3) is 0 Å². The number of carbonyl (C=O) groups is 2. The fraction of sp³-hybridized carbons (Fsp3) is 0.231. The minimum absolute atomic E-state index is 0.108. The van der Waals surface area contributed by atoms with Crippen LogP contribution in [0.1, 0.15) is 46.9 Å². The zero-order valence-electron chi connectivity index (χ0n) is 17.7. The van der Waals surface area contributed by atoms with Crippen molar-refractivity contribution in [3.8, 4) is 0 Å². The summed E-state index contributed by atoms with van der Waals surface area (Å²) in [5.74, 6) is -0.475.